The average Bonchev–Trinajstić information content (AvgIpc) is 2.66. The van der Waals surface area contributed by atoms with Gasteiger partial charge in [0.05, 0.1) is 12.4 Å². The van der Waals surface area contributed by atoms with Crippen LogP contribution in [-0.2, 0) is 6.42 Å². The molecule has 0 radical (unpaired) electrons. The zero-order valence-electron chi connectivity index (χ0n) is 16.3. The molecule has 0 fully saturated rings. The van der Waals surface area contributed by atoms with Crippen LogP contribution in [0, 0.1) is 5.82 Å². The van der Waals surface area contributed by atoms with Gasteiger partial charge in [-0.2, -0.15) is 10.2 Å². The van der Waals surface area contributed by atoms with Gasteiger partial charge in [-0.15, -0.1) is 13.2 Å². The van der Waals surface area contributed by atoms with E-state index in [1.807, 2.05) is 6.07 Å². The van der Waals surface area contributed by atoms with Crippen LogP contribution in [0.5, 0.6) is 5.75 Å². The highest BCUT2D eigenvalue weighted by Crippen LogP contribution is 2.22. The number of nitrogens with zero attached hydrogens (tertiary/aromatic N) is 2. The number of halogens is 4. The number of benzene rings is 2. The van der Waals surface area contributed by atoms with Gasteiger partial charge >= 0.3 is 6.36 Å². The zero-order valence-corrected chi connectivity index (χ0v) is 16.3. The Bertz CT molecular complexity index is 815. The van der Waals surface area contributed by atoms with Gasteiger partial charge in [0, 0.05) is 5.56 Å². The first-order chi connectivity index (χ1) is 13.9. The molecule has 0 aliphatic rings. The van der Waals surface area contributed by atoms with Crippen LogP contribution < -0.4 is 4.74 Å². The third-order valence-corrected chi connectivity index (χ3v) is 4.22. The highest BCUT2D eigenvalue weighted by molar-refractivity contribution is 5.83. The Balaban J connectivity index is 1.86. The van der Waals surface area contributed by atoms with Gasteiger partial charge in [0.25, 0.3) is 0 Å². The van der Waals surface area contributed by atoms with Gasteiger partial charge in [-0.05, 0) is 54.3 Å². The summed E-state index contributed by atoms with van der Waals surface area (Å²) in [5.41, 5.74) is 1.82. The molecule has 156 valence electrons. The SMILES string of the molecule is CCCCCCCc1ccc(C=NN=Cc2ccc(OC(F)(F)F)cc2)c(F)c1. The lowest BCUT2D eigenvalue weighted by molar-refractivity contribution is -0.274. The minimum atomic E-state index is -4.73. The number of hydrogen-bond acceptors (Lipinski definition) is 3. The molecule has 0 N–H and O–H groups in total. The van der Waals surface area contributed by atoms with E-state index in [0.29, 0.717) is 11.1 Å². The summed E-state index contributed by atoms with van der Waals surface area (Å²) >= 11 is 0. The standard InChI is InChI=1S/C22H24F4N2O/c1-2-3-4-5-6-7-17-8-11-19(21(23)14-17)16-28-27-15-18-9-12-20(13-10-18)29-22(24,25)26/h8-16H,2-7H2,1H3. The van der Waals surface area contributed by atoms with Crippen LogP contribution >= 0.6 is 0 Å². The number of hydrogen-bond donors (Lipinski definition) is 0. The third-order valence-electron chi connectivity index (χ3n) is 4.22. The van der Waals surface area contributed by atoms with Crippen molar-refractivity contribution in [2.24, 2.45) is 10.2 Å². The molecule has 2 aromatic carbocycles. The minimum Gasteiger partial charge on any atom is -0.406 e. The summed E-state index contributed by atoms with van der Waals surface area (Å²) in [6.07, 6.45) is 4.62. The smallest absolute Gasteiger partial charge is 0.406 e. The molecule has 0 amide bonds. The number of rotatable bonds is 10. The van der Waals surface area contributed by atoms with Crippen molar-refractivity contribution in [1.82, 2.24) is 0 Å². The molecule has 0 saturated heterocycles. The molecule has 0 saturated carbocycles. The highest BCUT2D eigenvalue weighted by atomic mass is 19.4. The van der Waals surface area contributed by atoms with E-state index in [1.54, 1.807) is 6.07 Å². The first kappa shape index (κ1) is 22.6. The maximum atomic E-state index is 14.2. The van der Waals surface area contributed by atoms with Crippen molar-refractivity contribution in [2.45, 2.75) is 51.8 Å². The molecule has 0 unspecified atom stereocenters. The van der Waals surface area contributed by atoms with Crippen LogP contribution in [0.4, 0.5) is 17.6 Å². The van der Waals surface area contributed by atoms with Crippen LogP contribution in [0.15, 0.2) is 52.7 Å². The van der Waals surface area contributed by atoms with Crippen molar-refractivity contribution in [3.63, 3.8) is 0 Å². The van der Waals surface area contributed by atoms with Gasteiger partial charge in [0.2, 0.25) is 0 Å². The van der Waals surface area contributed by atoms with E-state index in [-0.39, 0.29) is 11.6 Å². The zero-order chi connectivity index (χ0) is 21.1. The summed E-state index contributed by atoms with van der Waals surface area (Å²) in [6, 6.07) is 10.3. The molecule has 29 heavy (non-hydrogen) atoms. The van der Waals surface area contributed by atoms with E-state index >= 15 is 0 Å². The molecule has 0 heterocycles. The van der Waals surface area contributed by atoms with Crippen LogP contribution in [0.3, 0.4) is 0 Å². The Morgan fingerprint density at radius 3 is 2.24 bits per heavy atom. The lowest BCUT2D eigenvalue weighted by Gasteiger charge is -2.08. The van der Waals surface area contributed by atoms with Gasteiger partial charge in [-0.25, -0.2) is 4.39 Å². The molecule has 3 nitrogen and oxygen atoms in total. The predicted molar refractivity (Wildman–Crippen MR) is 107 cm³/mol. The Labute approximate surface area is 168 Å². The van der Waals surface area contributed by atoms with E-state index in [2.05, 4.69) is 21.9 Å². The van der Waals surface area contributed by atoms with Gasteiger partial charge in [-0.3, -0.25) is 0 Å². The predicted octanol–water partition coefficient (Wildman–Crippen LogP) is 6.69. The van der Waals surface area contributed by atoms with Crippen molar-refractivity contribution in [1.29, 1.82) is 0 Å². The summed E-state index contributed by atoms with van der Waals surface area (Å²) < 4.78 is 54.3. The number of alkyl halides is 3. The molecule has 2 aromatic rings. The Morgan fingerprint density at radius 1 is 0.897 bits per heavy atom. The fourth-order valence-corrected chi connectivity index (χ4v) is 2.71. The maximum Gasteiger partial charge on any atom is 0.573 e. The normalized spacial score (nSPS) is 12.2. The molecular formula is C22H24F4N2O. The average molecular weight is 408 g/mol. The van der Waals surface area contributed by atoms with Gasteiger partial charge in [-0.1, -0.05) is 44.7 Å². The van der Waals surface area contributed by atoms with Crippen molar-refractivity contribution in [3.8, 4) is 5.75 Å². The molecule has 0 atom stereocenters. The highest BCUT2D eigenvalue weighted by Gasteiger charge is 2.30. The second-order valence-corrected chi connectivity index (χ2v) is 6.63. The van der Waals surface area contributed by atoms with E-state index < -0.39 is 6.36 Å². The Hall–Kier alpha value is -2.70. The van der Waals surface area contributed by atoms with Crippen molar-refractivity contribution in [2.75, 3.05) is 0 Å². The van der Waals surface area contributed by atoms with E-state index in [0.717, 1.165) is 24.8 Å². The van der Waals surface area contributed by atoms with Gasteiger partial charge in [0.15, 0.2) is 0 Å². The molecule has 0 aliphatic heterocycles. The number of aryl methyl sites for hydroxylation is 1. The topological polar surface area (TPSA) is 34.0 Å². The van der Waals surface area contributed by atoms with Crippen LogP contribution in [0.25, 0.3) is 0 Å². The summed E-state index contributed by atoms with van der Waals surface area (Å²) in [7, 11) is 0. The third kappa shape index (κ3) is 8.89. The molecule has 7 heteroatoms. The first-order valence-electron chi connectivity index (χ1n) is 9.58. The molecular weight excluding hydrogens is 384 g/mol. The van der Waals surface area contributed by atoms with E-state index in [9.17, 15) is 17.6 Å². The van der Waals surface area contributed by atoms with Crippen molar-refractivity contribution < 1.29 is 22.3 Å². The quantitative estimate of drug-likeness (QED) is 0.187. The largest absolute Gasteiger partial charge is 0.573 e. The van der Waals surface area contributed by atoms with Crippen LogP contribution in [0.1, 0.15) is 55.7 Å². The molecule has 0 spiro atoms. The Morgan fingerprint density at radius 2 is 1.59 bits per heavy atom. The van der Waals surface area contributed by atoms with Crippen molar-refractivity contribution in [3.05, 3.63) is 65.0 Å². The van der Waals surface area contributed by atoms with E-state index in [1.165, 1.54) is 62.0 Å². The summed E-state index contributed by atoms with van der Waals surface area (Å²) in [5, 5.41) is 7.60. The lowest BCUT2D eigenvalue weighted by atomic mass is 10.0. The monoisotopic (exact) mass is 408 g/mol. The fraction of sp³-hybridized carbons (Fsp3) is 0.364. The van der Waals surface area contributed by atoms with Crippen LogP contribution in [-0.4, -0.2) is 18.8 Å². The number of unbranched alkanes of at least 4 members (excludes halogenated alkanes) is 4. The molecule has 0 aromatic heterocycles. The molecule has 0 aliphatic carbocycles. The summed E-state index contributed by atoms with van der Waals surface area (Å²) in [5.74, 6) is -0.672. The van der Waals surface area contributed by atoms with Crippen molar-refractivity contribution >= 4 is 12.4 Å². The second-order valence-electron chi connectivity index (χ2n) is 6.63. The van der Waals surface area contributed by atoms with Gasteiger partial charge in [0.1, 0.15) is 11.6 Å². The number of ether oxygens (including phenoxy) is 1. The minimum absolute atomic E-state index is 0.314. The fourth-order valence-electron chi connectivity index (χ4n) is 2.71. The first-order valence-corrected chi connectivity index (χ1v) is 9.58. The van der Waals surface area contributed by atoms with E-state index in [4.69, 9.17) is 0 Å². The van der Waals surface area contributed by atoms with Gasteiger partial charge < -0.3 is 4.74 Å². The summed E-state index contributed by atoms with van der Waals surface area (Å²) in [6.45, 7) is 2.17. The second kappa shape index (κ2) is 11.3. The molecule has 2 rings (SSSR count). The summed E-state index contributed by atoms with van der Waals surface area (Å²) in [4.78, 5) is 0. The maximum absolute atomic E-state index is 14.2. The van der Waals surface area contributed by atoms with Crippen LogP contribution in [0.2, 0.25) is 0 Å². The molecule has 0 bridgehead atoms. The lowest BCUT2D eigenvalue weighted by Crippen LogP contribution is -2.16. The Kier molecular flexibility index (Phi) is 8.83.